The number of benzene rings is 1. The standard InChI is InChI=1S/C21H24N4O2/c1-11-12-5-4-6-13-14-9-17-15(21(2,3)20(27)25(17)7-8-26)10-16(14)22-18(13)19(12)24-23-11/h9-10,22,26H,4-8H2,1-3H3,(H,23,24). The van der Waals surface area contributed by atoms with Crippen LogP contribution in [0, 0.1) is 6.92 Å². The van der Waals surface area contributed by atoms with Crippen molar-refractivity contribution in [3.05, 3.63) is 34.5 Å². The Morgan fingerprint density at radius 1 is 1.26 bits per heavy atom. The lowest BCUT2D eigenvalue weighted by Crippen LogP contribution is -2.37. The molecule has 1 aliphatic heterocycles. The molecule has 0 fully saturated rings. The summed E-state index contributed by atoms with van der Waals surface area (Å²) in [4.78, 5) is 18.2. The molecule has 1 aliphatic carbocycles. The quantitative estimate of drug-likeness (QED) is 0.653. The average Bonchev–Trinajstić information content (AvgIpc) is 3.18. The number of aliphatic hydroxyl groups is 1. The summed E-state index contributed by atoms with van der Waals surface area (Å²) in [5, 5.41) is 18.3. The first-order valence-corrected chi connectivity index (χ1v) is 9.59. The highest BCUT2D eigenvalue weighted by Crippen LogP contribution is 2.46. The van der Waals surface area contributed by atoms with Crippen molar-refractivity contribution in [1.82, 2.24) is 15.2 Å². The maximum Gasteiger partial charge on any atom is 0.237 e. The molecule has 27 heavy (non-hydrogen) atoms. The number of aromatic amines is 2. The number of nitrogens with zero attached hydrogens (tertiary/aromatic N) is 2. The van der Waals surface area contributed by atoms with Crippen molar-refractivity contribution in [1.29, 1.82) is 0 Å². The molecule has 1 amide bonds. The van der Waals surface area contributed by atoms with Crippen LogP contribution in [0.5, 0.6) is 0 Å². The molecule has 1 aromatic carbocycles. The van der Waals surface area contributed by atoms with Crippen molar-refractivity contribution in [2.75, 3.05) is 18.1 Å². The van der Waals surface area contributed by atoms with Gasteiger partial charge in [-0.3, -0.25) is 9.89 Å². The van der Waals surface area contributed by atoms with Crippen LogP contribution in [0.3, 0.4) is 0 Å². The van der Waals surface area contributed by atoms with Gasteiger partial charge in [-0.15, -0.1) is 0 Å². The van der Waals surface area contributed by atoms with Crippen LogP contribution < -0.4 is 4.90 Å². The lowest BCUT2D eigenvalue weighted by molar-refractivity contribution is -0.122. The van der Waals surface area contributed by atoms with Crippen LogP contribution in [0.15, 0.2) is 12.1 Å². The molecular weight excluding hydrogens is 340 g/mol. The average molecular weight is 364 g/mol. The van der Waals surface area contributed by atoms with Crippen LogP contribution in [-0.4, -0.2) is 39.3 Å². The molecule has 2 aliphatic rings. The Balaban J connectivity index is 1.77. The Hall–Kier alpha value is -2.60. The molecule has 0 bridgehead atoms. The number of fused-ring (bicyclic) bond motifs is 6. The van der Waals surface area contributed by atoms with Crippen molar-refractivity contribution < 1.29 is 9.90 Å². The molecule has 140 valence electrons. The van der Waals surface area contributed by atoms with E-state index in [-0.39, 0.29) is 12.5 Å². The fraction of sp³-hybridized carbons (Fsp3) is 0.429. The highest BCUT2D eigenvalue weighted by atomic mass is 16.3. The third-order valence-corrected chi connectivity index (χ3v) is 6.25. The number of H-pyrrole nitrogens is 2. The molecule has 6 nitrogen and oxygen atoms in total. The Morgan fingerprint density at radius 2 is 2.04 bits per heavy atom. The van der Waals surface area contributed by atoms with Crippen LogP contribution in [0.1, 0.15) is 42.7 Å². The van der Waals surface area contributed by atoms with Gasteiger partial charge in [0.2, 0.25) is 5.91 Å². The van der Waals surface area contributed by atoms with E-state index in [0.29, 0.717) is 6.54 Å². The number of hydrogen-bond donors (Lipinski definition) is 3. The molecule has 0 atom stereocenters. The van der Waals surface area contributed by atoms with Gasteiger partial charge in [-0.05, 0) is 63.3 Å². The van der Waals surface area contributed by atoms with Crippen LogP contribution >= 0.6 is 0 Å². The number of rotatable bonds is 2. The Morgan fingerprint density at radius 3 is 2.81 bits per heavy atom. The van der Waals surface area contributed by atoms with Crippen LogP contribution in [-0.2, 0) is 23.1 Å². The van der Waals surface area contributed by atoms with Gasteiger partial charge in [-0.25, -0.2) is 0 Å². The summed E-state index contributed by atoms with van der Waals surface area (Å²) in [6, 6.07) is 4.25. The molecule has 5 rings (SSSR count). The summed E-state index contributed by atoms with van der Waals surface area (Å²) < 4.78 is 0. The molecule has 0 saturated heterocycles. The molecule has 0 unspecified atom stereocenters. The van der Waals surface area contributed by atoms with Gasteiger partial charge in [-0.2, -0.15) is 5.10 Å². The zero-order valence-corrected chi connectivity index (χ0v) is 15.9. The van der Waals surface area contributed by atoms with Gasteiger partial charge in [-0.1, -0.05) is 0 Å². The third-order valence-electron chi connectivity index (χ3n) is 6.25. The first kappa shape index (κ1) is 16.6. The van der Waals surface area contributed by atoms with Crippen LogP contribution in [0.2, 0.25) is 0 Å². The maximum atomic E-state index is 12.9. The number of carbonyl (C=O) groups is 1. The van der Waals surface area contributed by atoms with E-state index in [2.05, 4.69) is 34.2 Å². The van der Waals surface area contributed by atoms with E-state index in [1.165, 1.54) is 11.1 Å². The van der Waals surface area contributed by atoms with Crippen molar-refractivity contribution in [2.24, 2.45) is 0 Å². The van der Waals surface area contributed by atoms with Gasteiger partial charge in [0, 0.05) is 34.4 Å². The summed E-state index contributed by atoms with van der Waals surface area (Å²) in [6.07, 6.45) is 3.09. The minimum absolute atomic E-state index is 0.0412. The smallest absolute Gasteiger partial charge is 0.237 e. The predicted molar refractivity (Wildman–Crippen MR) is 105 cm³/mol. The largest absolute Gasteiger partial charge is 0.395 e. The number of amides is 1. The predicted octanol–water partition coefficient (Wildman–Crippen LogP) is 2.97. The number of aryl methyl sites for hydroxylation is 2. The summed E-state index contributed by atoms with van der Waals surface area (Å²) in [5.74, 6) is 0.0514. The number of nitrogens with one attached hydrogen (secondary N) is 2. The number of hydrogen-bond acceptors (Lipinski definition) is 3. The van der Waals surface area contributed by atoms with Gasteiger partial charge in [0.15, 0.2) is 0 Å². The van der Waals surface area contributed by atoms with Gasteiger partial charge in [0.05, 0.1) is 17.7 Å². The number of aromatic nitrogens is 3. The molecule has 3 aromatic rings. The minimum atomic E-state index is -0.588. The van der Waals surface area contributed by atoms with Crippen molar-refractivity contribution in [3.63, 3.8) is 0 Å². The van der Waals surface area contributed by atoms with E-state index < -0.39 is 5.41 Å². The molecule has 6 heteroatoms. The Kier molecular flexibility index (Phi) is 3.35. The number of carbonyl (C=O) groups excluding carboxylic acids is 1. The lowest BCUT2D eigenvalue weighted by Gasteiger charge is -2.19. The normalized spacial score (nSPS) is 17.8. The van der Waals surface area contributed by atoms with Gasteiger partial charge in [0.1, 0.15) is 5.69 Å². The zero-order valence-electron chi connectivity index (χ0n) is 15.9. The maximum absolute atomic E-state index is 12.9. The van der Waals surface area contributed by atoms with Gasteiger partial charge >= 0.3 is 0 Å². The molecule has 2 aromatic heterocycles. The molecule has 0 radical (unpaired) electrons. The topological polar surface area (TPSA) is 85.0 Å². The molecule has 0 spiro atoms. The molecular formula is C21H24N4O2. The van der Waals surface area contributed by atoms with Crippen molar-refractivity contribution in [2.45, 2.75) is 45.4 Å². The fourth-order valence-corrected chi connectivity index (χ4v) is 4.76. The second kappa shape index (κ2) is 5.45. The van der Waals surface area contributed by atoms with E-state index in [0.717, 1.165) is 58.5 Å². The second-order valence-electron chi connectivity index (χ2n) is 8.23. The molecule has 3 heterocycles. The number of β-amino-alcohol motifs (C(OH)–C–C–N with tert-alkyl or cyclic N) is 1. The summed E-state index contributed by atoms with van der Waals surface area (Å²) in [7, 11) is 0. The summed E-state index contributed by atoms with van der Waals surface area (Å²) in [5.41, 5.74) is 8.25. The fourth-order valence-electron chi connectivity index (χ4n) is 4.76. The SMILES string of the molecule is Cc1[nH]nc2c1CCCc1c-2[nH]c2cc3c(cc12)N(CCO)C(=O)C3(C)C. The monoisotopic (exact) mass is 364 g/mol. The lowest BCUT2D eigenvalue weighted by atomic mass is 9.85. The summed E-state index contributed by atoms with van der Waals surface area (Å²) in [6.45, 7) is 6.28. The van der Waals surface area contributed by atoms with E-state index in [1.54, 1.807) is 4.90 Å². The second-order valence-corrected chi connectivity index (χ2v) is 8.23. The van der Waals surface area contributed by atoms with Gasteiger partial charge < -0.3 is 15.0 Å². The zero-order chi connectivity index (χ0) is 18.9. The van der Waals surface area contributed by atoms with Crippen molar-refractivity contribution in [3.8, 4) is 11.4 Å². The first-order chi connectivity index (χ1) is 12.9. The van der Waals surface area contributed by atoms with Crippen LogP contribution in [0.25, 0.3) is 22.3 Å². The first-order valence-electron chi connectivity index (χ1n) is 9.59. The Labute approximate surface area is 157 Å². The van der Waals surface area contributed by atoms with E-state index in [1.807, 2.05) is 13.8 Å². The number of anilines is 1. The molecule has 3 N–H and O–H groups in total. The van der Waals surface area contributed by atoms with Gasteiger partial charge in [0.25, 0.3) is 0 Å². The van der Waals surface area contributed by atoms with Crippen molar-refractivity contribution >= 4 is 22.5 Å². The van der Waals surface area contributed by atoms with Crippen LogP contribution in [0.4, 0.5) is 5.69 Å². The highest BCUT2D eigenvalue weighted by Gasteiger charge is 2.44. The Bertz CT molecular complexity index is 1090. The van der Waals surface area contributed by atoms with E-state index in [4.69, 9.17) is 0 Å². The number of aliphatic hydroxyl groups excluding tert-OH is 1. The van der Waals surface area contributed by atoms with E-state index >= 15 is 0 Å². The summed E-state index contributed by atoms with van der Waals surface area (Å²) >= 11 is 0. The van der Waals surface area contributed by atoms with E-state index in [9.17, 15) is 9.90 Å². The third kappa shape index (κ3) is 2.10. The minimum Gasteiger partial charge on any atom is -0.395 e. The molecule has 0 saturated carbocycles. The highest BCUT2D eigenvalue weighted by molar-refractivity contribution is 6.10.